The van der Waals surface area contributed by atoms with Crippen LogP contribution in [0.1, 0.15) is 40.2 Å². The minimum Gasteiger partial charge on any atom is -0.486 e. The highest BCUT2D eigenvalue weighted by atomic mass is 16.6. The van der Waals surface area contributed by atoms with Crippen molar-refractivity contribution in [1.29, 1.82) is 5.26 Å². The Bertz CT molecular complexity index is 1060. The van der Waals surface area contributed by atoms with Crippen molar-refractivity contribution >= 4 is 5.91 Å². The molecular weight excluding hydrogens is 358 g/mol. The third-order valence-corrected chi connectivity index (χ3v) is 4.66. The number of rotatable bonds is 4. The quantitative estimate of drug-likeness (QED) is 0.751. The monoisotopic (exact) mass is 377 g/mol. The van der Waals surface area contributed by atoms with Crippen molar-refractivity contribution < 1.29 is 18.7 Å². The van der Waals surface area contributed by atoms with Gasteiger partial charge in [-0.25, -0.2) is 0 Å². The van der Waals surface area contributed by atoms with Crippen LogP contribution in [0.3, 0.4) is 0 Å². The Morgan fingerprint density at radius 1 is 1.21 bits per heavy atom. The van der Waals surface area contributed by atoms with E-state index in [2.05, 4.69) is 11.4 Å². The van der Waals surface area contributed by atoms with E-state index in [1.165, 1.54) is 0 Å². The highest BCUT2D eigenvalue weighted by Crippen LogP contribution is 2.33. The first kappa shape index (κ1) is 17.7. The minimum absolute atomic E-state index is 0.209. The number of aryl methyl sites for hydroxylation is 1. The van der Waals surface area contributed by atoms with E-state index in [0.717, 1.165) is 5.56 Å². The fourth-order valence-electron chi connectivity index (χ4n) is 3.24. The highest BCUT2D eigenvalue weighted by molar-refractivity contribution is 5.98. The smallest absolute Gasteiger partial charge is 0.256 e. The maximum atomic E-state index is 12.9. The third-order valence-electron chi connectivity index (χ3n) is 4.66. The number of amides is 1. The second-order valence-corrected chi connectivity index (χ2v) is 6.51. The van der Waals surface area contributed by atoms with E-state index in [9.17, 15) is 10.1 Å². The molecule has 3 aromatic rings. The lowest BCUT2D eigenvalue weighted by Crippen LogP contribution is -2.27. The minimum atomic E-state index is -0.362. The summed E-state index contributed by atoms with van der Waals surface area (Å²) in [6.45, 7) is 4.58. The van der Waals surface area contributed by atoms with Crippen LogP contribution in [-0.4, -0.2) is 23.7 Å². The summed E-state index contributed by atoms with van der Waals surface area (Å²) in [6.07, 6.45) is 3.53. The van der Waals surface area contributed by atoms with Crippen LogP contribution in [0.4, 0.5) is 0 Å². The molecular formula is C21H19N3O4. The zero-order valence-electron chi connectivity index (χ0n) is 15.6. The van der Waals surface area contributed by atoms with Crippen LogP contribution in [0.15, 0.2) is 47.1 Å². The molecule has 142 valence electrons. The van der Waals surface area contributed by atoms with Crippen LogP contribution in [0, 0.1) is 18.3 Å². The molecule has 0 fully saturated rings. The number of carbonyl (C=O) groups is 1. The normalized spacial score (nSPS) is 13.6. The summed E-state index contributed by atoms with van der Waals surface area (Å²) >= 11 is 0. The lowest BCUT2D eigenvalue weighted by molar-refractivity contribution is 0.0938. The maximum absolute atomic E-state index is 12.9. The maximum Gasteiger partial charge on any atom is 0.256 e. The molecule has 1 N–H and O–H groups in total. The number of furan rings is 1. The van der Waals surface area contributed by atoms with Crippen molar-refractivity contribution in [2.75, 3.05) is 13.2 Å². The van der Waals surface area contributed by atoms with Crippen molar-refractivity contribution in [3.05, 3.63) is 65.2 Å². The van der Waals surface area contributed by atoms with E-state index in [1.807, 2.05) is 37.3 Å². The van der Waals surface area contributed by atoms with Gasteiger partial charge in [-0.2, -0.15) is 5.26 Å². The Morgan fingerprint density at radius 3 is 2.64 bits per heavy atom. The fraction of sp³-hybridized carbons (Fsp3) is 0.238. The van der Waals surface area contributed by atoms with Crippen LogP contribution in [0.2, 0.25) is 0 Å². The standard InChI is InChI=1S/C21H19N3O4/c1-13(15-5-6-17-18(11-15)27-10-9-26-17)23-20(25)19-14(2)28-21(16(19)12-22)24-7-3-4-8-24/h3-8,11,13H,9-10H2,1-2H3,(H,23,25). The molecule has 2 aromatic heterocycles. The summed E-state index contributed by atoms with van der Waals surface area (Å²) in [6, 6.07) is 11.0. The summed E-state index contributed by atoms with van der Waals surface area (Å²) in [5, 5.41) is 12.5. The number of carbonyl (C=O) groups excluding carboxylic acids is 1. The van der Waals surface area contributed by atoms with E-state index in [-0.39, 0.29) is 23.1 Å². The second kappa shape index (κ2) is 7.16. The van der Waals surface area contributed by atoms with Crippen molar-refractivity contribution in [1.82, 2.24) is 9.88 Å². The predicted molar refractivity (Wildman–Crippen MR) is 101 cm³/mol. The second-order valence-electron chi connectivity index (χ2n) is 6.51. The summed E-state index contributed by atoms with van der Waals surface area (Å²) in [5.41, 5.74) is 1.33. The summed E-state index contributed by atoms with van der Waals surface area (Å²) < 4.78 is 18.5. The highest BCUT2D eigenvalue weighted by Gasteiger charge is 2.26. The average Bonchev–Trinajstić information content (AvgIpc) is 3.34. The van der Waals surface area contributed by atoms with Crippen molar-refractivity contribution in [2.45, 2.75) is 19.9 Å². The van der Waals surface area contributed by atoms with E-state index in [1.54, 1.807) is 23.9 Å². The van der Waals surface area contributed by atoms with Gasteiger partial charge in [0.15, 0.2) is 11.5 Å². The molecule has 1 aliphatic heterocycles. The van der Waals surface area contributed by atoms with Gasteiger partial charge in [0.05, 0.1) is 6.04 Å². The number of ether oxygens (including phenoxy) is 2. The summed E-state index contributed by atoms with van der Waals surface area (Å²) in [7, 11) is 0. The first-order valence-electron chi connectivity index (χ1n) is 8.95. The third kappa shape index (κ3) is 3.09. The van der Waals surface area contributed by atoms with Crippen molar-refractivity contribution in [3.8, 4) is 23.5 Å². The van der Waals surface area contributed by atoms with Crippen LogP contribution in [0.5, 0.6) is 11.5 Å². The molecule has 1 aromatic carbocycles. The van der Waals surface area contributed by atoms with Crippen LogP contribution >= 0.6 is 0 Å². The van der Waals surface area contributed by atoms with Gasteiger partial charge in [0.25, 0.3) is 5.91 Å². The molecule has 1 unspecified atom stereocenters. The topological polar surface area (TPSA) is 89.4 Å². The lowest BCUT2D eigenvalue weighted by atomic mass is 10.1. The molecule has 28 heavy (non-hydrogen) atoms. The number of aromatic nitrogens is 1. The molecule has 0 saturated heterocycles. The Morgan fingerprint density at radius 2 is 1.93 bits per heavy atom. The van der Waals surface area contributed by atoms with Gasteiger partial charge in [-0.3, -0.25) is 9.36 Å². The van der Waals surface area contributed by atoms with Gasteiger partial charge < -0.3 is 19.2 Å². The molecule has 3 heterocycles. The van der Waals surface area contributed by atoms with Crippen LogP contribution in [-0.2, 0) is 0 Å². The molecule has 0 spiro atoms. The molecule has 0 aliphatic carbocycles. The van der Waals surface area contributed by atoms with Gasteiger partial charge >= 0.3 is 0 Å². The number of fused-ring (bicyclic) bond motifs is 1. The Hall–Kier alpha value is -3.66. The van der Waals surface area contributed by atoms with E-state index >= 15 is 0 Å². The molecule has 1 atom stereocenters. The van der Waals surface area contributed by atoms with Gasteiger partial charge in [0, 0.05) is 12.4 Å². The first-order valence-corrected chi connectivity index (χ1v) is 8.95. The van der Waals surface area contributed by atoms with E-state index < -0.39 is 0 Å². The fourth-order valence-corrected chi connectivity index (χ4v) is 3.24. The molecule has 0 saturated carbocycles. The Balaban J connectivity index is 1.60. The number of nitrogens with zero attached hydrogens (tertiary/aromatic N) is 2. The SMILES string of the molecule is Cc1oc(-n2cccc2)c(C#N)c1C(=O)NC(C)c1ccc2c(c1)OCCO2. The van der Waals surface area contributed by atoms with Gasteiger partial charge in [0.1, 0.15) is 36.2 Å². The number of nitriles is 1. The molecule has 7 nitrogen and oxygen atoms in total. The van der Waals surface area contributed by atoms with Crippen LogP contribution < -0.4 is 14.8 Å². The Kier molecular flexibility index (Phi) is 4.53. The van der Waals surface area contributed by atoms with Gasteiger partial charge in [-0.15, -0.1) is 0 Å². The number of hydrogen-bond donors (Lipinski definition) is 1. The van der Waals surface area contributed by atoms with Crippen LogP contribution in [0.25, 0.3) is 5.88 Å². The number of nitrogens with one attached hydrogen (secondary N) is 1. The molecule has 1 amide bonds. The van der Waals surface area contributed by atoms with Gasteiger partial charge in [-0.1, -0.05) is 6.07 Å². The molecule has 7 heteroatoms. The van der Waals surface area contributed by atoms with E-state index in [0.29, 0.717) is 36.4 Å². The average molecular weight is 377 g/mol. The zero-order chi connectivity index (χ0) is 19.7. The van der Waals surface area contributed by atoms with Crippen molar-refractivity contribution in [2.24, 2.45) is 0 Å². The van der Waals surface area contributed by atoms with Gasteiger partial charge in [0.2, 0.25) is 5.88 Å². The molecule has 4 rings (SSSR count). The molecule has 1 aliphatic rings. The largest absolute Gasteiger partial charge is 0.486 e. The summed E-state index contributed by atoms with van der Waals surface area (Å²) in [4.78, 5) is 12.9. The molecule has 0 radical (unpaired) electrons. The first-order chi connectivity index (χ1) is 13.6. The lowest BCUT2D eigenvalue weighted by Gasteiger charge is -2.21. The zero-order valence-corrected chi connectivity index (χ0v) is 15.6. The summed E-state index contributed by atoms with van der Waals surface area (Å²) in [5.74, 6) is 1.73. The Labute approximate surface area is 162 Å². The van der Waals surface area contributed by atoms with Gasteiger partial charge in [-0.05, 0) is 43.7 Å². The van der Waals surface area contributed by atoms with Crippen molar-refractivity contribution in [3.63, 3.8) is 0 Å². The predicted octanol–water partition coefficient (Wildman–Crippen LogP) is 3.51. The molecule has 0 bridgehead atoms. The number of hydrogen-bond acceptors (Lipinski definition) is 5. The van der Waals surface area contributed by atoms with E-state index in [4.69, 9.17) is 13.9 Å². The number of benzene rings is 1.